The SMILES string of the molecule is CCC(C)OC(=O)c1c(NC(=O)c2ccc(COc3c(Cl)c(Cl)c(Cl)c(Cl)c3Cl)o2)sc2c1CCCC2. The number of benzene rings is 1. The Morgan fingerprint density at radius 3 is 2.35 bits per heavy atom. The Bertz CT molecular complexity index is 1320. The molecule has 0 radical (unpaired) electrons. The van der Waals surface area contributed by atoms with Crippen molar-refractivity contribution >= 4 is 86.2 Å². The predicted octanol–water partition coefficient (Wildman–Crippen LogP) is 9.27. The molecule has 12 heteroatoms. The van der Waals surface area contributed by atoms with Gasteiger partial charge in [-0.05, 0) is 56.7 Å². The molecule has 198 valence electrons. The molecule has 1 aliphatic carbocycles. The number of furan rings is 1. The van der Waals surface area contributed by atoms with Crippen LogP contribution in [0.4, 0.5) is 5.00 Å². The summed E-state index contributed by atoms with van der Waals surface area (Å²) in [4.78, 5) is 27.1. The fraction of sp³-hybridized carbons (Fsp3) is 0.360. The Hall–Kier alpha value is -1.61. The number of thiophene rings is 1. The summed E-state index contributed by atoms with van der Waals surface area (Å²) < 4.78 is 16.9. The first-order valence-corrected chi connectivity index (χ1v) is 14.2. The third-order valence-corrected chi connectivity index (χ3v) is 9.35. The second-order valence-electron chi connectivity index (χ2n) is 8.45. The first kappa shape index (κ1) is 28.4. The van der Waals surface area contributed by atoms with Crippen LogP contribution in [0.2, 0.25) is 25.1 Å². The lowest BCUT2D eigenvalue weighted by atomic mass is 9.95. The van der Waals surface area contributed by atoms with Gasteiger partial charge in [0, 0.05) is 4.88 Å². The molecule has 0 spiro atoms. The van der Waals surface area contributed by atoms with Crippen LogP contribution >= 0.6 is 69.3 Å². The quantitative estimate of drug-likeness (QED) is 0.153. The first-order valence-electron chi connectivity index (χ1n) is 11.5. The van der Waals surface area contributed by atoms with Crippen molar-refractivity contribution in [2.75, 3.05) is 5.32 Å². The number of rotatable bonds is 8. The third kappa shape index (κ3) is 6.02. The molecule has 0 saturated carbocycles. The Morgan fingerprint density at radius 1 is 1.03 bits per heavy atom. The highest BCUT2D eigenvalue weighted by molar-refractivity contribution is 7.17. The van der Waals surface area contributed by atoms with E-state index >= 15 is 0 Å². The van der Waals surface area contributed by atoms with Crippen molar-refractivity contribution < 1.29 is 23.5 Å². The molecule has 37 heavy (non-hydrogen) atoms. The number of anilines is 1. The highest BCUT2D eigenvalue weighted by Crippen LogP contribution is 2.48. The normalized spacial score (nSPS) is 13.7. The van der Waals surface area contributed by atoms with Gasteiger partial charge in [-0.15, -0.1) is 11.3 Å². The number of nitrogens with one attached hydrogen (secondary N) is 1. The van der Waals surface area contributed by atoms with E-state index in [-0.39, 0.29) is 49.3 Å². The molecule has 2 aromatic heterocycles. The van der Waals surface area contributed by atoms with E-state index in [9.17, 15) is 9.59 Å². The van der Waals surface area contributed by atoms with Crippen molar-refractivity contribution in [3.05, 3.63) is 64.8 Å². The Labute approximate surface area is 243 Å². The Morgan fingerprint density at radius 2 is 1.68 bits per heavy atom. The molecular weight excluding hydrogens is 604 g/mol. The van der Waals surface area contributed by atoms with E-state index in [4.69, 9.17) is 71.9 Å². The molecule has 1 aromatic carbocycles. The van der Waals surface area contributed by atoms with Gasteiger partial charge in [-0.2, -0.15) is 0 Å². The van der Waals surface area contributed by atoms with E-state index in [2.05, 4.69) is 5.32 Å². The number of amides is 1. The molecule has 1 atom stereocenters. The Balaban J connectivity index is 1.51. The third-order valence-electron chi connectivity index (χ3n) is 5.90. The summed E-state index contributed by atoms with van der Waals surface area (Å²) in [6.45, 7) is 3.68. The molecule has 0 fully saturated rings. The lowest BCUT2D eigenvalue weighted by Gasteiger charge is -2.15. The van der Waals surface area contributed by atoms with Gasteiger partial charge in [0.05, 0.1) is 26.7 Å². The first-order chi connectivity index (χ1) is 17.6. The van der Waals surface area contributed by atoms with Gasteiger partial charge in [0.1, 0.15) is 27.4 Å². The van der Waals surface area contributed by atoms with Gasteiger partial charge in [0.2, 0.25) is 0 Å². The van der Waals surface area contributed by atoms with Gasteiger partial charge < -0.3 is 19.2 Å². The maximum absolute atomic E-state index is 13.0. The molecule has 0 bridgehead atoms. The van der Waals surface area contributed by atoms with Crippen molar-refractivity contribution in [3.8, 4) is 5.75 Å². The molecule has 0 aliphatic heterocycles. The summed E-state index contributed by atoms with van der Waals surface area (Å²) in [5.74, 6) is -0.529. The molecule has 1 unspecified atom stereocenters. The molecule has 1 amide bonds. The van der Waals surface area contributed by atoms with Crippen molar-refractivity contribution in [1.82, 2.24) is 0 Å². The summed E-state index contributed by atoms with van der Waals surface area (Å²) in [5, 5.41) is 3.34. The molecule has 2 heterocycles. The Kier molecular flexibility index (Phi) is 9.25. The number of hydrogen-bond acceptors (Lipinski definition) is 6. The van der Waals surface area contributed by atoms with E-state index in [0.29, 0.717) is 22.7 Å². The number of ether oxygens (including phenoxy) is 2. The van der Waals surface area contributed by atoms with Gasteiger partial charge in [-0.3, -0.25) is 4.79 Å². The van der Waals surface area contributed by atoms with Gasteiger partial charge >= 0.3 is 5.97 Å². The lowest BCUT2D eigenvalue weighted by molar-refractivity contribution is 0.0335. The number of carbonyl (C=O) groups excluding carboxylic acids is 2. The van der Waals surface area contributed by atoms with E-state index in [0.717, 1.165) is 36.1 Å². The molecule has 1 aliphatic rings. The zero-order valence-corrected chi connectivity index (χ0v) is 24.4. The highest BCUT2D eigenvalue weighted by atomic mass is 35.5. The number of fused-ring (bicyclic) bond motifs is 1. The fourth-order valence-corrected chi connectivity index (χ4v) is 6.29. The second-order valence-corrected chi connectivity index (χ2v) is 11.4. The summed E-state index contributed by atoms with van der Waals surface area (Å²) in [6.07, 6.45) is 4.14. The largest absolute Gasteiger partial charge is 0.482 e. The lowest BCUT2D eigenvalue weighted by Crippen LogP contribution is -2.18. The zero-order chi connectivity index (χ0) is 26.9. The molecule has 1 N–H and O–H groups in total. The highest BCUT2D eigenvalue weighted by Gasteiger charge is 2.29. The maximum Gasteiger partial charge on any atom is 0.341 e. The van der Waals surface area contributed by atoms with Crippen LogP contribution < -0.4 is 10.1 Å². The monoisotopic (exact) mass is 623 g/mol. The van der Waals surface area contributed by atoms with E-state index in [1.165, 1.54) is 17.4 Å². The number of carbonyl (C=O) groups is 2. The summed E-state index contributed by atoms with van der Waals surface area (Å²) in [7, 11) is 0. The van der Waals surface area contributed by atoms with Crippen molar-refractivity contribution in [2.45, 2.75) is 58.7 Å². The van der Waals surface area contributed by atoms with Crippen molar-refractivity contribution in [2.24, 2.45) is 0 Å². The van der Waals surface area contributed by atoms with Crippen LogP contribution in [0.1, 0.15) is 70.2 Å². The van der Waals surface area contributed by atoms with E-state index in [1.54, 1.807) is 6.07 Å². The molecular formula is C25H22Cl5NO5S. The van der Waals surface area contributed by atoms with Crippen LogP contribution in [0.5, 0.6) is 5.75 Å². The zero-order valence-electron chi connectivity index (χ0n) is 19.8. The minimum Gasteiger partial charge on any atom is -0.482 e. The minimum absolute atomic E-state index is 0.00376. The second kappa shape index (κ2) is 12.1. The van der Waals surface area contributed by atoms with Crippen LogP contribution in [0.25, 0.3) is 0 Å². The van der Waals surface area contributed by atoms with Crippen LogP contribution in [-0.4, -0.2) is 18.0 Å². The van der Waals surface area contributed by atoms with E-state index < -0.39 is 11.9 Å². The molecule has 3 aromatic rings. The number of hydrogen-bond donors (Lipinski definition) is 1. The topological polar surface area (TPSA) is 77.8 Å². The minimum atomic E-state index is -0.504. The maximum atomic E-state index is 13.0. The molecule has 4 rings (SSSR count). The van der Waals surface area contributed by atoms with Gasteiger partial charge in [-0.25, -0.2) is 4.79 Å². The smallest absolute Gasteiger partial charge is 0.341 e. The fourth-order valence-electron chi connectivity index (χ4n) is 3.79. The van der Waals surface area contributed by atoms with Gasteiger partial charge in [0.25, 0.3) is 5.91 Å². The summed E-state index contributed by atoms with van der Waals surface area (Å²) in [5.41, 5.74) is 1.40. The van der Waals surface area contributed by atoms with Crippen molar-refractivity contribution in [3.63, 3.8) is 0 Å². The average molecular weight is 626 g/mol. The van der Waals surface area contributed by atoms with Crippen LogP contribution in [0.3, 0.4) is 0 Å². The van der Waals surface area contributed by atoms with Crippen LogP contribution in [0, 0.1) is 0 Å². The molecule has 0 saturated heterocycles. The number of halogens is 5. The summed E-state index contributed by atoms with van der Waals surface area (Å²) in [6, 6.07) is 3.08. The van der Waals surface area contributed by atoms with Crippen LogP contribution in [0.15, 0.2) is 16.5 Å². The predicted molar refractivity (Wildman–Crippen MR) is 149 cm³/mol. The van der Waals surface area contributed by atoms with Crippen molar-refractivity contribution in [1.29, 1.82) is 0 Å². The number of aryl methyl sites for hydroxylation is 1. The van der Waals surface area contributed by atoms with Crippen LogP contribution in [-0.2, 0) is 24.2 Å². The van der Waals surface area contributed by atoms with Gasteiger partial charge in [-0.1, -0.05) is 64.9 Å². The van der Waals surface area contributed by atoms with Gasteiger partial charge in [0.15, 0.2) is 11.5 Å². The molecule has 6 nitrogen and oxygen atoms in total. The standard InChI is InChI=1S/C25H22Cl5NO5S/c1-3-11(2)35-25(33)16-13-6-4-5-7-15(13)37-24(16)31-23(32)14-9-8-12(36-14)10-34-22-20(29)18(27)17(26)19(28)21(22)30/h8-9,11H,3-7,10H2,1-2H3,(H,31,32). The average Bonchev–Trinajstić information content (AvgIpc) is 3.50. The summed E-state index contributed by atoms with van der Waals surface area (Å²) >= 11 is 32.0. The van der Waals surface area contributed by atoms with E-state index in [1.807, 2.05) is 13.8 Å². The number of esters is 1.